The smallest absolute Gasteiger partial charge is 0.376 e. The van der Waals surface area contributed by atoms with E-state index in [-0.39, 0.29) is 44.2 Å². The molecule has 2 fully saturated rings. The number of alkyl halides is 3. The number of hydrogen-bond donors (Lipinski definition) is 1. The predicted octanol–water partition coefficient (Wildman–Crippen LogP) is 2.38. The molecule has 5 amide bonds. The summed E-state index contributed by atoms with van der Waals surface area (Å²) in [5.74, 6) is -3.43. The molecule has 0 aliphatic carbocycles. The second-order valence-corrected chi connectivity index (χ2v) is 10.9. The number of piperazine rings is 1. The Bertz CT molecular complexity index is 1290. The maximum atomic E-state index is 14.0. The van der Waals surface area contributed by atoms with Crippen LogP contribution in [-0.4, -0.2) is 87.9 Å². The van der Waals surface area contributed by atoms with Crippen LogP contribution in [0, 0.1) is 11.3 Å². The molecule has 0 radical (unpaired) electrons. The summed E-state index contributed by atoms with van der Waals surface area (Å²) in [4.78, 5) is 59.9. The number of primary amides is 1. The van der Waals surface area contributed by atoms with E-state index >= 15 is 0 Å². The lowest BCUT2D eigenvalue weighted by atomic mass is 9.77. The van der Waals surface area contributed by atoms with Crippen molar-refractivity contribution in [3.8, 4) is 0 Å². The Labute approximate surface area is 235 Å². The normalized spacial score (nSPS) is 20.3. The summed E-state index contributed by atoms with van der Waals surface area (Å²) in [6.45, 7) is 0.630. The van der Waals surface area contributed by atoms with Gasteiger partial charge in [0.1, 0.15) is 12.1 Å². The second-order valence-electron chi connectivity index (χ2n) is 10.9. The van der Waals surface area contributed by atoms with Gasteiger partial charge in [-0.15, -0.1) is 0 Å². The van der Waals surface area contributed by atoms with Gasteiger partial charge in [-0.1, -0.05) is 50.2 Å². The molecule has 13 heteroatoms. The summed E-state index contributed by atoms with van der Waals surface area (Å²) in [7, 11) is 0. The fourth-order valence-electron chi connectivity index (χ4n) is 5.25. The fraction of sp³-hybridized carbons (Fsp3) is 0.464. The molecule has 0 saturated carbocycles. The third kappa shape index (κ3) is 6.19. The third-order valence-electron chi connectivity index (χ3n) is 7.72. The molecule has 3 heterocycles. The number of imide groups is 1. The Kier molecular flexibility index (Phi) is 8.39. The summed E-state index contributed by atoms with van der Waals surface area (Å²) < 4.78 is 45.8. The van der Waals surface area contributed by atoms with E-state index in [0.29, 0.717) is 5.69 Å². The number of nitrogens with two attached hydrogens (primary N) is 1. The van der Waals surface area contributed by atoms with Crippen molar-refractivity contribution in [2.24, 2.45) is 17.1 Å². The van der Waals surface area contributed by atoms with Gasteiger partial charge in [0.25, 0.3) is 5.91 Å². The molecule has 2 atom stereocenters. The summed E-state index contributed by atoms with van der Waals surface area (Å²) in [6, 6.07) is 13.0. The minimum atomic E-state index is -4.81. The van der Waals surface area contributed by atoms with E-state index in [2.05, 4.69) is 4.98 Å². The highest BCUT2D eigenvalue weighted by Gasteiger charge is 2.62. The molecule has 0 unspecified atom stereocenters. The van der Waals surface area contributed by atoms with Gasteiger partial charge in [-0.2, -0.15) is 13.2 Å². The highest BCUT2D eigenvalue weighted by Crippen LogP contribution is 2.38. The number of hydrogen-bond acceptors (Lipinski definition) is 6. The van der Waals surface area contributed by atoms with Crippen LogP contribution in [0.3, 0.4) is 0 Å². The van der Waals surface area contributed by atoms with Gasteiger partial charge < -0.3 is 20.3 Å². The summed E-state index contributed by atoms with van der Waals surface area (Å²) in [5, 5.41) is 0. The molecule has 220 valence electrons. The highest BCUT2D eigenvalue weighted by atomic mass is 19.4. The first-order valence-electron chi connectivity index (χ1n) is 13.1. The van der Waals surface area contributed by atoms with Crippen molar-refractivity contribution >= 4 is 23.8 Å². The van der Waals surface area contributed by atoms with E-state index in [1.165, 1.54) is 24.9 Å². The average Bonchev–Trinajstić information content (AvgIpc) is 3.11. The molecule has 10 nitrogen and oxygen atoms in total. The van der Waals surface area contributed by atoms with Gasteiger partial charge in [0.2, 0.25) is 11.8 Å². The number of ether oxygens (including phenoxy) is 1. The van der Waals surface area contributed by atoms with Gasteiger partial charge in [-0.25, -0.2) is 4.79 Å². The first-order chi connectivity index (χ1) is 19.3. The van der Waals surface area contributed by atoms with Crippen molar-refractivity contribution < 1.29 is 37.1 Å². The van der Waals surface area contributed by atoms with Crippen LogP contribution >= 0.6 is 0 Å². The summed E-state index contributed by atoms with van der Waals surface area (Å²) in [6.07, 6.45) is -3.55. The molecule has 2 aliphatic rings. The van der Waals surface area contributed by atoms with Crippen molar-refractivity contribution in [1.82, 2.24) is 19.7 Å². The molecule has 1 aromatic heterocycles. The van der Waals surface area contributed by atoms with Crippen LogP contribution < -0.4 is 5.73 Å². The van der Waals surface area contributed by atoms with E-state index in [1.54, 1.807) is 18.2 Å². The second kappa shape index (κ2) is 11.5. The predicted molar refractivity (Wildman–Crippen MR) is 140 cm³/mol. The molecule has 41 heavy (non-hydrogen) atoms. The number of pyridine rings is 1. The molecule has 4 rings (SSSR count). The van der Waals surface area contributed by atoms with Crippen LogP contribution in [0.15, 0.2) is 54.7 Å². The van der Waals surface area contributed by atoms with Crippen LogP contribution in [0.2, 0.25) is 0 Å². The van der Waals surface area contributed by atoms with E-state index in [1.807, 2.05) is 30.3 Å². The Morgan fingerprint density at radius 1 is 1.07 bits per heavy atom. The number of carbonyl (C=O) groups excluding carboxylic acids is 4. The van der Waals surface area contributed by atoms with Crippen molar-refractivity contribution in [2.45, 2.75) is 38.6 Å². The number of benzene rings is 1. The lowest BCUT2D eigenvalue weighted by Crippen LogP contribution is -2.66. The molecular weight excluding hydrogens is 543 g/mol. The Hall–Kier alpha value is -4.00. The number of aromatic nitrogens is 1. The molecule has 0 bridgehead atoms. The zero-order valence-corrected chi connectivity index (χ0v) is 22.8. The van der Waals surface area contributed by atoms with Gasteiger partial charge in [0, 0.05) is 31.4 Å². The maximum Gasteiger partial charge on any atom is 0.406 e. The van der Waals surface area contributed by atoms with E-state index < -0.39 is 53.3 Å². The van der Waals surface area contributed by atoms with Crippen LogP contribution in [0.1, 0.15) is 25.1 Å². The summed E-state index contributed by atoms with van der Waals surface area (Å²) in [5.41, 5.74) is 3.69. The van der Waals surface area contributed by atoms with Gasteiger partial charge >= 0.3 is 12.2 Å². The Morgan fingerprint density at radius 3 is 2.37 bits per heavy atom. The van der Waals surface area contributed by atoms with Crippen molar-refractivity contribution in [1.29, 1.82) is 0 Å². The Morgan fingerprint density at radius 2 is 1.76 bits per heavy atom. The van der Waals surface area contributed by atoms with Crippen molar-refractivity contribution in [2.75, 3.05) is 32.8 Å². The maximum absolute atomic E-state index is 14.0. The standard InChI is InChI=1S/C28H32F3N5O5/c1-26(2,23(32)38)21(16-41-15-19-8-4-3-5-9-19)22(37)34-12-13-36-25(40)35(18-28(29,30)31)24(39)27(36,17-34)14-20-10-6-7-11-33-20/h3-11,21H,12-18H2,1-2H3,(H2,32,38)/t21-,27-/m1/s1. The summed E-state index contributed by atoms with van der Waals surface area (Å²) >= 11 is 0. The van der Waals surface area contributed by atoms with E-state index in [0.717, 1.165) is 10.5 Å². The zero-order valence-electron chi connectivity index (χ0n) is 22.8. The molecule has 1 aromatic carbocycles. The SMILES string of the molecule is CC(C)(C(N)=O)[C@H](COCc1ccccc1)C(=O)N1CCN2C(=O)N(CC(F)(F)F)C(=O)[C@@]2(Cc2ccccn2)C1. The van der Waals surface area contributed by atoms with Gasteiger partial charge in [0.05, 0.1) is 31.1 Å². The van der Waals surface area contributed by atoms with Crippen LogP contribution in [0.4, 0.5) is 18.0 Å². The minimum absolute atomic E-state index is 0.0638. The first-order valence-corrected chi connectivity index (χ1v) is 13.1. The van der Waals surface area contributed by atoms with E-state index in [4.69, 9.17) is 10.5 Å². The molecule has 2 aliphatic heterocycles. The molecule has 2 aromatic rings. The number of halogens is 3. The molecule has 2 saturated heterocycles. The number of carbonyl (C=O) groups is 4. The largest absolute Gasteiger partial charge is 0.406 e. The van der Waals surface area contributed by atoms with Gasteiger partial charge in [-0.3, -0.25) is 24.3 Å². The van der Waals surface area contributed by atoms with Crippen molar-refractivity contribution in [3.63, 3.8) is 0 Å². The lowest BCUT2D eigenvalue weighted by Gasteiger charge is -2.46. The monoisotopic (exact) mass is 575 g/mol. The number of amides is 5. The Balaban J connectivity index is 1.64. The average molecular weight is 576 g/mol. The fourth-order valence-corrected chi connectivity index (χ4v) is 5.25. The highest BCUT2D eigenvalue weighted by molar-refractivity contribution is 6.08. The first kappa shape index (κ1) is 30.0. The number of urea groups is 1. The van der Waals surface area contributed by atoms with Crippen LogP contribution in [0.5, 0.6) is 0 Å². The van der Waals surface area contributed by atoms with Gasteiger partial charge in [-0.05, 0) is 17.7 Å². The van der Waals surface area contributed by atoms with Crippen LogP contribution in [-0.2, 0) is 32.1 Å². The van der Waals surface area contributed by atoms with Gasteiger partial charge in [0.15, 0.2) is 0 Å². The molecule has 2 N–H and O–H groups in total. The zero-order chi connectivity index (χ0) is 30.0. The minimum Gasteiger partial charge on any atom is -0.376 e. The number of nitrogens with zero attached hydrogens (tertiary/aromatic N) is 4. The third-order valence-corrected chi connectivity index (χ3v) is 7.72. The molecule has 0 spiro atoms. The number of fused-ring (bicyclic) bond motifs is 1. The van der Waals surface area contributed by atoms with Crippen LogP contribution in [0.25, 0.3) is 0 Å². The molecular formula is C28H32F3N5O5. The lowest BCUT2D eigenvalue weighted by molar-refractivity contribution is -0.159. The van der Waals surface area contributed by atoms with E-state index in [9.17, 15) is 32.3 Å². The number of rotatable bonds is 10. The topological polar surface area (TPSA) is 126 Å². The van der Waals surface area contributed by atoms with Crippen molar-refractivity contribution in [3.05, 3.63) is 66.0 Å². The quantitative estimate of drug-likeness (QED) is 0.434.